The minimum absolute atomic E-state index is 0.205. The topological polar surface area (TPSA) is 107 Å². The second-order valence-electron chi connectivity index (χ2n) is 9.30. The summed E-state index contributed by atoms with van der Waals surface area (Å²) in [7, 11) is -3.27. The van der Waals surface area contributed by atoms with Gasteiger partial charge in [-0.15, -0.1) is 0 Å². The third kappa shape index (κ3) is 5.06. The molecule has 4 rings (SSSR count). The van der Waals surface area contributed by atoms with Crippen molar-refractivity contribution in [2.45, 2.75) is 44.6 Å². The molecule has 0 saturated carbocycles. The zero-order valence-corrected chi connectivity index (χ0v) is 20.2. The summed E-state index contributed by atoms with van der Waals surface area (Å²) < 4.78 is 31.2. The highest BCUT2D eigenvalue weighted by molar-refractivity contribution is 7.90. The fourth-order valence-electron chi connectivity index (χ4n) is 4.05. The Kier molecular flexibility index (Phi) is 6.24. The molecule has 1 saturated heterocycles. The second-order valence-corrected chi connectivity index (χ2v) is 11.3. The van der Waals surface area contributed by atoms with Crippen LogP contribution >= 0.6 is 0 Å². The SMILES string of the molecule is CC(=O)C(C)(C)CN1CCC(n2ncc3c(Oc4ccc(S(C)(=O)=O)cc4)ncnc32)CC1. The number of hydrogen-bond donors (Lipinski definition) is 0. The first-order valence-electron chi connectivity index (χ1n) is 10.9. The van der Waals surface area contributed by atoms with E-state index in [-0.39, 0.29) is 22.1 Å². The van der Waals surface area contributed by atoms with Gasteiger partial charge in [0.15, 0.2) is 15.5 Å². The Bertz CT molecular complexity index is 1260. The molecule has 0 radical (unpaired) electrons. The fraction of sp³-hybridized carbons (Fsp3) is 0.478. The molecule has 176 valence electrons. The van der Waals surface area contributed by atoms with Crippen molar-refractivity contribution in [3.05, 3.63) is 36.8 Å². The van der Waals surface area contributed by atoms with Crippen LogP contribution in [-0.4, -0.2) is 64.7 Å². The van der Waals surface area contributed by atoms with Gasteiger partial charge in [0.2, 0.25) is 5.88 Å². The summed E-state index contributed by atoms with van der Waals surface area (Å²) in [6.45, 7) is 8.19. The van der Waals surface area contributed by atoms with Gasteiger partial charge in [0.05, 0.1) is 17.1 Å². The number of likely N-dealkylation sites (tertiary alicyclic amines) is 1. The molecule has 33 heavy (non-hydrogen) atoms. The summed E-state index contributed by atoms with van der Waals surface area (Å²) in [5, 5.41) is 5.28. The number of piperidine rings is 1. The Morgan fingerprint density at radius 3 is 2.42 bits per heavy atom. The van der Waals surface area contributed by atoms with Gasteiger partial charge in [0.1, 0.15) is 23.2 Å². The molecule has 1 aliphatic rings. The van der Waals surface area contributed by atoms with Crippen LogP contribution < -0.4 is 4.74 Å². The lowest BCUT2D eigenvalue weighted by molar-refractivity contribution is -0.126. The van der Waals surface area contributed by atoms with Gasteiger partial charge in [-0.2, -0.15) is 5.10 Å². The molecule has 9 nitrogen and oxygen atoms in total. The minimum Gasteiger partial charge on any atom is -0.438 e. The van der Waals surface area contributed by atoms with E-state index in [1.165, 1.54) is 24.7 Å². The van der Waals surface area contributed by atoms with Crippen LogP contribution in [0.25, 0.3) is 11.0 Å². The van der Waals surface area contributed by atoms with E-state index in [0.717, 1.165) is 32.5 Å². The predicted molar refractivity (Wildman–Crippen MR) is 124 cm³/mol. The molecule has 3 heterocycles. The highest BCUT2D eigenvalue weighted by Crippen LogP contribution is 2.31. The van der Waals surface area contributed by atoms with Crippen LogP contribution in [0.5, 0.6) is 11.6 Å². The summed E-state index contributed by atoms with van der Waals surface area (Å²) in [5.41, 5.74) is 0.361. The summed E-state index contributed by atoms with van der Waals surface area (Å²) in [4.78, 5) is 23.1. The second kappa shape index (κ2) is 8.83. The highest BCUT2D eigenvalue weighted by atomic mass is 32.2. The molecular weight excluding hydrogens is 442 g/mol. The number of fused-ring (bicyclic) bond motifs is 1. The van der Waals surface area contributed by atoms with Gasteiger partial charge in [-0.05, 0) is 44.0 Å². The molecule has 0 spiro atoms. The number of hydrogen-bond acceptors (Lipinski definition) is 8. The molecule has 3 aromatic rings. The maximum Gasteiger partial charge on any atom is 0.233 e. The molecule has 2 aromatic heterocycles. The average Bonchev–Trinajstić information content (AvgIpc) is 3.19. The van der Waals surface area contributed by atoms with Crippen LogP contribution in [0.4, 0.5) is 0 Å². The van der Waals surface area contributed by atoms with Crippen molar-refractivity contribution in [1.82, 2.24) is 24.6 Å². The Hall–Kier alpha value is -2.85. The van der Waals surface area contributed by atoms with Gasteiger partial charge >= 0.3 is 0 Å². The molecule has 0 N–H and O–H groups in total. The standard InChI is InChI=1S/C23H29N5O4S/c1-16(29)23(2,3)14-27-11-9-17(10-12-27)28-21-20(13-26-28)22(25-15-24-21)32-18-5-7-19(8-6-18)33(4,30)31/h5-8,13,15,17H,9-12,14H2,1-4H3. The van der Waals surface area contributed by atoms with Gasteiger partial charge in [-0.1, -0.05) is 13.8 Å². The molecule has 1 aliphatic heterocycles. The Labute approximate surface area is 193 Å². The number of ether oxygens (including phenoxy) is 1. The number of aromatic nitrogens is 4. The van der Waals surface area contributed by atoms with Gasteiger partial charge in [0.25, 0.3) is 0 Å². The molecule has 1 aromatic carbocycles. The number of carbonyl (C=O) groups excluding carboxylic acids is 1. The highest BCUT2D eigenvalue weighted by Gasteiger charge is 2.30. The molecular formula is C23H29N5O4S. The van der Waals surface area contributed by atoms with Crippen molar-refractivity contribution in [1.29, 1.82) is 0 Å². The number of Topliss-reactive ketones (excluding diaryl/α,β-unsaturated/α-hetero) is 1. The van der Waals surface area contributed by atoms with E-state index in [1.807, 2.05) is 18.5 Å². The molecule has 10 heteroatoms. The van der Waals surface area contributed by atoms with Crippen LogP contribution in [0, 0.1) is 5.41 Å². The molecule has 1 fully saturated rings. The normalized spacial score (nSPS) is 16.2. The van der Waals surface area contributed by atoms with Crippen molar-refractivity contribution in [3.63, 3.8) is 0 Å². The smallest absolute Gasteiger partial charge is 0.233 e. The van der Waals surface area contributed by atoms with E-state index in [1.54, 1.807) is 25.3 Å². The van der Waals surface area contributed by atoms with Gasteiger partial charge in [-0.3, -0.25) is 4.79 Å². The third-order valence-corrected chi connectivity index (χ3v) is 7.42. The zero-order valence-electron chi connectivity index (χ0n) is 19.4. The number of benzene rings is 1. The first kappa shape index (κ1) is 23.3. The molecule has 0 aliphatic carbocycles. The summed E-state index contributed by atoms with van der Waals surface area (Å²) in [5.74, 6) is 1.06. The number of rotatable bonds is 7. The van der Waals surface area contributed by atoms with Crippen LogP contribution in [0.15, 0.2) is 41.7 Å². The maximum atomic E-state index is 11.9. The molecule has 0 amide bonds. The van der Waals surface area contributed by atoms with Crippen molar-refractivity contribution >= 4 is 26.7 Å². The third-order valence-electron chi connectivity index (χ3n) is 6.30. The number of nitrogens with zero attached hydrogens (tertiary/aromatic N) is 5. The Morgan fingerprint density at radius 2 is 1.82 bits per heavy atom. The van der Waals surface area contributed by atoms with Crippen LogP contribution in [-0.2, 0) is 14.6 Å². The largest absolute Gasteiger partial charge is 0.438 e. The summed E-state index contributed by atoms with van der Waals surface area (Å²) in [6, 6.07) is 6.43. The Morgan fingerprint density at radius 1 is 1.15 bits per heavy atom. The van der Waals surface area contributed by atoms with E-state index in [0.29, 0.717) is 22.7 Å². The van der Waals surface area contributed by atoms with E-state index >= 15 is 0 Å². The van der Waals surface area contributed by atoms with E-state index in [9.17, 15) is 13.2 Å². The lowest BCUT2D eigenvalue weighted by Crippen LogP contribution is -2.42. The monoisotopic (exact) mass is 471 g/mol. The summed E-state index contributed by atoms with van der Waals surface area (Å²) >= 11 is 0. The first-order valence-corrected chi connectivity index (χ1v) is 12.8. The van der Waals surface area contributed by atoms with Crippen molar-refractivity contribution < 1.29 is 17.9 Å². The summed E-state index contributed by atoms with van der Waals surface area (Å²) in [6.07, 6.45) is 6.15. The number of carbonyl (C=O) groups is 1. The quantitative estimate of drug-likeness (QED) is 0.517. The van der Waals surface area contributed by atoms with E-state index in [4.69, 9.17) is 4.74 Å². The van der Waals surface area contributed by atoms with Crippen molar-refractivity contribution in [2.75, 3.05) is 25.9 Å². The maximum absolute atomic E-state index is 11.9. The first-order chi connectivity index (χ1) is 15.5. The van der Waals surface area contributed by atoms with Crippen molar-refractivity contribution in [2.24, 2.45) is 5.41 Å². The fourth-order valence-corrected chi connectivity index (χ4v) is 4.68. The van der Waals surface area contributed by atoms with Gasteiger partial charge in [-0.25, -0.2) is 23.1 Å². The predicted octanol–water partition coefficient (Wildman–Crippen LogP) is 3.27. The van der Waals surface area contributed by atoms with Gasteiger partial charge in [0, 0.05) is 31.3 Å². The van der Waals surface area contributed by atoms with Gasteiger partial charge < -0.3 is 9.64 Å². The lowest BCUT2D eigenvalue weighted by atomic mass is 9.87. The Balaban J connectivity index is 1.48. The molecule has 0 unspecified atom stereocenters. The van der Waals surface area contributed by atoms with E-state index < -0.39 is 9.84 Å². The van der Waals surface area contributed by atoms with E-state index in [2.05, 4.69) is 20.0 Å². The number of sulfone groups is 1. The number of ketones is 1. The van der Waals surface area contributed by atoms with Crippen molar-refractivity contribution in [3.8, 4) is 11.6 Å². The van der Waals surface area contributed by atoms with Crippen LogP contribution in [0.1, 0.15) is 39.7 Å². The minimum atomic E-state index is -3.27. The van der Waals surface area contributed by atoms with Crippen LogP contribution in [0.2, 0.25) is 0 Å². The molecule has 0 bridgehead atoms. The lowest BCUT2D eigenvalue weighted by Gasteiger charge is -2.36. The van der Waals surface area contributed by atoms with Crippen LogP contribution in [0.3, 0.4) is 0 Å². The average molecular weight is 472 g/mol. The molecule has 0 atom stereocenters. The zero-order chi connectivity index (χ0) is 23.8.